The maximum Gasteiger partial charge on any atom is 0.270 e. The topological polar surface area (TPSA) is 98.7 Å². The summed E-state index contributed by atoms with van der Waals surface area (Å²) < 4.78 is 0. The molecule has 19 heavy (non-hydrogen) atoms. The first-order chi connectivity index (χ1) is 9.15. The molecule has 0 saturated heterocycles. The highest BCUT2D eigenvalue weighted by atomic mass is 16.2. The third kappa shape index (κ3) is 3.85. The Kier molecular flexibility index (Phi) is 4.19. The number of anilines is 1. The van der Waals surface area contributed by atoms with Crippen LogP contribution < -0.4 is 11.1 Å². The van der Waals surface area contributed by atoms with Gasteiger partial charge in [0, 0.05) is 0 Å². The van der Waals surface area contributed by atoms with Crippen molar-refractivity contribution in [2.24, 2.45) is 12.8 Å². The lowest BCUT2D eigenvalue weighted by molar-refractivity contribution is -0.117. The number of carbonyl (C=O) groups excluding carboxylic acids is 1. The maximum atomic E-state index is 11.8. The molecule has 0 spiro atoms. The van der Waals surface area contributed by atoms with Crippen molar-refractivity contribution in [3.8, 4) is 0 Å². The van der Waals surface area contributed by atoms with E-state index in [1.165, 1.54) is 4.80 Å². The van der Waals surface area contributed by atoms with Crippen LogP contribution in [0.5, 0.6) is 0 Å². The van der Waals surface area contributed by atoms with Crippen LogP contribution in [0.15, 0.2) is 30.3 Å². The summed E-state index contributed by atoms with van der Waals surface area (Å²) in [5.74, 6) is -0.133. The van der Waals surface area contributed by atoms with Crippen molar-refractivity contribution in [2.75, 3.05) is 5.32 Å². The number of rotatable bonds is 5. The summed E-state index contributed by atoms with van der Waals surface area (Å²) in [5, 5.41) is 13.7. The summed E-state index contributed by atoms with van der Waals surface area (Å²) in [6, 6.07) is 9.30. The minimum absolute atomic E-state index is 0.169. The van der Waals surface area contributed by atoms with Gasteiger partial charge >= 0.3 is 0 Å². The molecule has 1 unspecified atom stereocenters. The monoisotopic (exact) mass is 260 g/mol. The van der Waals surface area contributed by atoms with Crippen LogP contribution in [0.25, 0.3) is 0 Å². The molecule has 100 valence electrons. The molecule has 0 radical (unpaired) electrons. The van der Waals surface area contributed by atoms with Crippen LogP contribution in [0.4, 0.5) is 5.95 Å². The molecule has 3 N–H and O–H groups in total. The van der Waals surface area contributed by atoms with Crippen LogP contribution in [0, 0.1) is 0 Å². The molecule has 0 fully saturated rings. The number of benzene rings is 1. The fraction of sp³-hybridized carbons (Fsp3) is 0.333. The van der Waals surface area contributed by atoms with Gasteiger partial charge in [-0.3, -0.25) is 10.1 Å². The Morgan fingerprint density at radius 1 is 1.42 bits per heavy atom. The van der Waals surface area contributed by atoms with Gasteiger partial charge in [-0.15, -0.1) is 5.10 Å². The van der Waals surface area contributed by atoms with Crippen LogP contribution in [0.2, 0.25) is 0 Å². The smallest absolute Gasteiger partial charge is 0.270 e. The van der Waals surface area contributed by atoms with E-state index in [1.807, 2.05) is 30.3 Å². The Hall–Kier alpha value is -2.28. The first kappa shape index (κ1) is 13.2. The Morgan fingerprint density at radius 3 is 2.79 bits per heavy atom. The van der Waals surface area contributed by atoms with Crippen molar-refractivity contribution < 1.29 is 4.79 Å². The van der Waals surface area contributed by atoms with Gasteiger partial charge in [-0.25, -0.2) is 0 Å². The number of nitrogens with one attached hydrogen (secondary N) is 1. The predicted octanol–water partition coefficient (Wildman–Crippen LogP) is 0.109. The van der Waals surface area contributed by atoms with E-state index in [1.54, 1.807) is 7.05 Å². The fourth-order valence-corrected chi connectivity index (χ4v) is 1.63. The van der Waals surface area contributed by atoms with E-state index in [0.717, 1.165) is 12.0 Å². The van der Waals surface area contributed by atoms with Gasteiger partial charge in [0.25, 0.3) is 5.95 Å². The largest absolute Gasteiger partial charge is 0.320 e. The normalized spacial score (nSPS) is 12.1. The molecule has 1 amide bonds. The van der Waals surface area contributed by atoms with Gasteiger partial charge in [0.15, 0.2) is 0 Å². The minimum atomic E-state index is -0.594. The first-order valence-electron chi connectivity index (χ1n) is 5.99. The average Bonchev–Trinajstić information content (AvgIpc) is 2.82. The van der Waals surface area contributed by atoms with E-state index >= 15 is 0 Å². The van der Waals surface area contributed by atoms with Crippen LogP contribution in [0.1, 0.15) is 12.0 Å². The Morgan fingerprint density at radius 2 is 2.16 bits per heavy atom. The van der Waals surface area contributed by atoms with Gasteiger partial charge in [0.1, 0.15) is 0 Å². The molecule has 1 heterocycles. The van der Waals surface area contributed by atoms with E-state index in [-0.39, 0.29) is 11.9 Å². The zero-order valence-electron chi connectivity index (χ0n) is 10.7. The first-order valence-corrected chi connectivity index (χ1v) is 5.99. The lowest BCUT2D eigenvalue weighted by Crippen LogP contribution is -2.36. The lowest BCUT2D eigenvalue weighted by atomic mass is 10.1. The van der Waals surface area contributed by atoms with Crippen molar-refractivity contribution in [2.45, 2.75) is 18.9 Å². The van der Waals surface area contributed by atoms with Crippen LogP contribution in [-0.4, -0.2) is 32.2 Å². The number of amides is 1. The molecular weight excluding hydrogens is 244 g/mol. The van der Waals surface area contributed by atoms with Crippen LogP contribution >= 0.6 is 0 Å². The summed E-state index contributed by atoms with van der Waals surface area (Å²) in [4.78, 5) is 13.1. The quantitative estimate of drug-likeness (QED) is 0.795. The number of hydrogen-bond donors (Lipinski definition) is 2. The van der Waals surface area contributed by atoms with Gasteiger partial charge in [-0.1, -0.05) is 35.4 Å². The summed E-state index contributed by atoms with van der Waals surface area (Å²) in [6.45, 7) is 0. The number of nitrogens with zero attached hydrogens (tertiary/aromatic N) is 4. The lowest BCUT2D eigenvalue weighted by Gasteiger charge is -2.09. The van der Waals surface area contributed by atoms with Crippen molar-refractivity contribution in [3.63, 3.8) is 0 Å². The second kappa shape index (κ2) is 6.05. The Bertz CT molecular complexity index is 538. The second-order valence-electron chi connectivity index (χ2n) is 4.22. The van der Waals surface area contributed by atoms with E-state index < -0.39 is 6.04 Å². The zero-order valence-corrected chi connectivity index (χ0v) is 10.7. The molecule has 1 aromatic carbocycles. The van der Waals surface area contributed by atoms with Gasteiger partial charge in [-0.2, -0.15) is 4.80 Å². The SMILES string of the molecule is Cn1nnc(NC(=O)C(N)CCc2ccccc2)n1. The molecule has 7 heteroatoms. The van der Waals surface area contributed by atoms with Gasteiger partial charge < -0.3 is 5.73 Å². The highest BCUT2D eigenvalue weighted by molar-refractivity contribution is 5.93. The maximum absolute atomic E-state index is 11.8. The third-order valence-electron chi connectivity index (χ3n) is 2.67. The molecule has 2 aromatic rings. The molecule has 1 aromatic heterocycles. The van der Waals surface area contributed by atoms with Crippen LogP contribution in [-0.2, 0) is 18.3 Å². The number of hydrogen-bond acceptors (Lipinski definition) is 5. The van der Waals surface area contributed by atoms with Gasteiger partial charge in [0.2, 0.25) is 5.91 Å². The number of carbonyl (C=O) groups is 1. The molecule has 0 aliphatic rings. The van der Waals surface area contributed by atoms with Crippen molar-refractivity contribution in [1.29, 1.82) is 0 Å². The van der Waals surface area contributed by atoms with Crippen molar-refractivity contribution >= 4 is 11.9 Å². The van der Waals surface area contributed by atoms with Crippen LogP contribution in [0.3, 0.4) is 0 Å². The van der Waals surface area contributed by atoms with Gasteiger partial charge in [0.05, 0.1) is 13.1 Å². The standard InChI is InChI=1S/C12H16N6O/c1-18-16-12(15-17-18)14-11(19)10(13)8-7-9-5-3-2-4-6-9/h2-6,10H,7-8,13H2,1H3,(H,14,16,19). The van der Waals surface area contributed by atoms with Gasteiger partial charge in [-0.05, 0) is 23.6 Å². The summed E-state index contributed by atoms with van der Waals surface area (Å²) >= 11 is 0. The minimum Gasteiger partial charge on any atom is -0.320 e. The summed E-state index contributed by atoms with van der Waals surface area (Å²) in [5.41, 5.74) is 6.98. The average molecular weight is 260 g/mol. The number of aryl methyl sites for hydroxylation is 2. The molecule has 2 rings (SSSR count). The highest BCUT2D eigenvalue weighted by Gasteiger charge is 2.15. The second-order valence-corrected chi connectivity index (χ2v) is 4.22. The molecule has 7 nitrogen and oxygen atoms in total. The Balaban J connectivity index is 1.82. The van der Waals surface area contributed by atoms with E-state index in [9.17, 15) is 4.79 Å². The molecule has 0 bridgehead atoms. The van der Waals surface area contributed by atoms with E-state index in [4.69, 9.17) is 5.73 Å². The Labute approximate surface area is 110 Å². The summed E-state index contributed by atoms with van der Waals surface area (Å²) in [7, 11) is 1.62. The molecule has 0 aliphatic heterocycles. The van der Waals surface area contributed by atoms with E-state index in [2.05, 4.69) is 20.7 Å². The van der Waals surface area contributed by atoms with Crippen molar-refractivity contribution in [3.05, 3.63) is 35.9 Å². The fourth-order valence-electron chi connectivity index (χ4n) is 1.63. The predicted molar refractivity (Wildman–Crippen MR) is 70.2 cm³/mol. The van der Waals surface area contributed by atoms with E-state index in [0.29, 0.717) is 6.42 Å². The number of aromatic nitrogens is 4. The van der Waals surface area contributed by atoms with Crippen molar-refractivity contribution in [1.82, 2.24) is 20.2 Å². The molecule has 0 aliphatic carbocycles. The molecular formula is C12H16N6O. The molecule has 0 saturated carbocycles. The number of nitrogens with two attached hydrogens (primary N) is 1. The number of tetrazole rings is 1. The zero-order chi connectivity index (χ0) is 13.7. The molecule has 1 atom stereocenters. The highest BCUT2D eigenvalue weighted by Crippen LogP contribution is 2.05. The third-order valence-corrected chi connectivity index (χ3v) is 2.67. The summed E-state index contributed by atoms with van der Waals surface area (Å²) in [6.07, 6.45) is 1.32.